The zero-order valence-electron chi connectivity index (χ0n) is 14.4. The fraction of sp³-hybridized carbons (Fsp3) is 0.300. The zero-order chi connectivity index (χ0) is 17.2. The second kappa shape index (κ2) is 6.59. The minimum absolute atomic E-state index is 0.0653. The number of pyridine rings is 1. The van der Waals surface area contributed by atoms with Crippen LogP contribution in [0.5, 0.6) is 0 Å². The van der Waals surface area contributed by atoms with Crippen molar-refractivity contribution in [2.24, 2.45) is 0 Å². The molecule has 1 aromatic carbocycles. The third-order valence-corrected chi connectivity index (χ3v) is 5.02. The van der Waals surface area contributed by atoms with Gasteiger partial charge in [-0.25, -0.2) is 4.98 Å². The van der Waals surface area contributed by atoms with Crippen LogP contribution in [-0.2, 0) is 0 Å². The van der Waals surface area contributed by atoms with Crippen molar-refractivity contribution in [1.29, 1.82) is 0 Å². The summed E-state index contributed by atoms with van der Waals surface area (Å²) in [5, 5.41) is 0. The molecule has 1 aliphatic rings. The van der Waals surface area contributed by atoms with Crippen LogP contribution in [0.1, 0.15) is 23.2 Å². The molecule has 1 atom stereocenters. The summed E-state index contributed by atoms with van der Waals surface area (Å²) in [5.41, 5.74) is 2.78. The number of aromatic nitrogens is 2. The highest BCUT2D eigenvalue weighted by molar-refractivity contribution is 5.94. The summed E-state index contributed by atoms with van der Waals surface area (Å²) < 4.78 is 1.89. The predicted octanol–water partition coefficient (Wildman–Crippen LogP) is 3.08. The number of hydrogen-bond donors (Lipinski definition) is 0. The molecule has 5 heteroatoms. The number of amides is 1. The first-order chi connectivity index (χ1) is 12.2. The van der Waals surface area contributed by atoms with Gasteiger partial charge < -0.3 is 14.2 Å². The first-order valence-corrected chi connectivity index (χ1v) is 8.72. The molecule has 2 aromatic heterocycles. The maximum absolute atomic E-state index is 12.9. The number of para-hydroxylation sites is 1. The van der Waals surface area contributed by atoms with Gasteiger partial charge in [-0.1, -0.05) is 18.2 Å². The maximum Gasteiger partial charge on any atom is 0.255 e. The Hall–Kier alpha value is -2.82. The molecule has 5 nitrogen and oxygen atoms in total. The highest BCUT2D eigenvalue weighted by Gasteiger charge is 2.27. The molecule has 0 N–H and O–H groups in total. The molecular formula is C20H22N4O. The van der Waals surface area contributed by atoms with Crippen molar-refractivity contribution in [2.45, 2.75) is 18.9 Å². The third kappa shape index (κ3) is 3.09. The summed E-state index contributed by atoms with van der Waals surface area (Å²) >= 11 is 0. The zero-order valence-corrected chi connectivity index (χ0v) is 14.4. The van der Waals surface area contributed by atoms with Crippen LogP contribution in [0.2, 0.25) is 0 Å². The Balaban J connectivity index is 1.51. The number of rotatable bonds is 3. The Kier molecular flexibility index (Phi) is 4.14. The molecule has 25 heavy (non-hydrogen) atoms. The van der Waals surface area contributed by atoms with E-state index in [1.807, 2.05) is 46.9 Å². The van der Waals surface area contributed by atoms with Gasteiger partial charge >= 0.3 is 0 Å². The van der Waals surface area contributed by atoms with Crippen molar-refractivity contribution in [1.82, 2.24) is 14.3 Å². The molecule has 0 unspecified atom stereocenters. The van der Waals surface area contributed by atoms with Crippen LogP contribution in [0.4, 0.5) is 5.69 Å². The quantitative estimate of drug-likeness (QED) is 0.739. The fourth-order valence-corrected chi connectivity index (χ4v) is 3.56. The Bertz CT molecular complexity index is 874. The van der Waals surface area contributed by atoms with Gasteiger partial charge in [0.15, 0.2) is 0 Å². The van der Waals surface area contributed by atoms with Gasteiger partial charge in [0.05, 0.1) is 5.56 Å². The van der Waals surface area contributed by atoms with Gasteiger partial charge in [0.25, 0.3) is 5.91 Å². The number of imidazole rings is 1. The Morgan fingerprint density at radius 3 is 2.88 bits per heavy atom. The van der Waals surface area contributed by atoms with Crippen molar-refractivity contribution in [3.8, 4) is 0 Å². The van der Waals surface area contributed by atoms with Gasteiger partial charge in [0, 0.05) is 50.5 Å². The second-order valence-electron chi connectivity index (χ2n) is 6.60. The number of piperidine rings is 1. The van der Waals surface area contributed by atoms with Crippen molar-refractivity contribution in [3.63, 3.8) is 0 Å². The number of nitrogens with zero attached hydrogens (tertiary/aromatic N) is 4. The monoisotopic (exact) mass is 334 g/mol. The molecule has 0 spiro atoms. The van der Waals surface area contributed by atoms with Gasteiger partial charge in [0.1, 0.15) is 5.65 Å². The fourth-order valence-electron chi connectivity index (χ4n) is 3.56. The molecule has 128 valence electrons. The van der Waals surface area contributed by atoms with E-state index in [2.05, 4.69) is 34.1 Å². The van der Waals surface area contributed by atoms with E-state index >= 15 is 0 Å². The number of carbonyl (C=O) groups is 1. The van der Waals surface area contributed by atoms with Crippen LogP contribution < -0.4 is 4.90 Å². The summed E-state index contributed by atoms with van der Waals surface area (Å²) in [5.74, 6) is 0.0653. The Morgan fingerprint density at radius 1 is 1.20 bits per heavy atom. The molecule has 0 aliphatic carbocycles. The van der Waals surface area contributed by atoms with E-state index in [9.17, 15) is 4.79 Å². The largest absolute Gasteiger partial charge is 0.369 e. The van der Waals surface area contributed by atoms with Crippen molar-refractivity contribution in [2.75, 3.05) is 25.0 Å². The van der Waals surface area contributed by atoms with Gasteiger partial charge in [-0.15, -0.1) is 0 Å². The summed E-state index contributed by atoms with van der Waals surface area (Å²) in [6.07, 6.45) is 7.60. The van der Waals surface area contributed by atoms with E-state index in [-0.39, 0.29) is 11.9 Å². The molecule has 0 bridgehead atoms. The Labute approximate surface area is 147 Å². The first-order valence-electron chi connectivity index (χ1n) is 8.72. The van der Waals surface area contributed by atoms with E-state index < -0.39 is 0 Å². The number of fused-ring (bicyclic) bond motifs is 1. The van der Waals surface area contributed by atoms with Crippen LogP contribution >= 0.6 is 0 Å². The summed E-state index contributed by atoms with van der Waals surface area (Å²) in [7, 11) is 1.92. The molecule has 0 saturated carbocycles. The molecule has 1 fully saturated rings. The third-order valence-electron chi connectivity index (χ3n) is 5.02. The Morgan fingerprint density at radius 2 is 2.04 bits per heavy atom. The molecule has 1 aliphatic heterocycles. The van der Waals surface area contributed by atoms with Gasteiger partial charge in [-0.3, -0.25) is 4.79 Å². The SMILES string of the molecule is CN(C(=O)c1ccc2nccn2c1)[C@@H]1CCCN(c2ccccc2)C1. The molecule has 1 saturated heterocycles. The van der Waals surface area contributed by atoms with E-state index in [1.165, 1.54) is 5.69 Å². The van der Waals surface area contributed by atoms with E-state index in [4.69, 9.17) is 0 Å². The topological polar surface area (TPSA) is 40.9 Å². The van der Waals surface area contributed by atoms with Crippen LogP contribution in [0.25, 0.3) is 5.65 Å². The lowest BCUT2D eigenvalue weighted by atomic mass is 10.0. The van der Waals surface area contributed by atoms with Crippen LogP contribution in [0.15, 0.2) is 61.1 Å². The maximum atomic E-state index is 12.9. The molecular weight excluding hydrogens is 312 g/mol. The van der Waals surface area contributed by atoms with E-state index in [0.29, 0.717) is 5.56 Å². The van der Waals surface area contributed by atoms with Crippen LogP contribution in [0, 0.1) is 0 Å². The average Bonchev–Trinajstić information content (AvgIpc) is 3.15. The van der Waals surface area contributed by atoms with Gasteiger partial charge in [0.2, 0.25) is 0 Å². The standard InChI is InChI=1S/C20H22N4O/c1-22(20(25)16-9-10-19-21-11-13-24(19)14-16)18-8-5-12-23(15-18)17-6-3-2-4-7-17/h2-4,6-7,9-11,13-14,18H,5,8,12,15H2,1H3/t18-/m1/s1. The molecule has 0 radical (unpaired) electrons. The number of anilines is 1. The van der Waals surface area contributed by atoms with Crippen molar-refractivity contribution < 1.29 is 4.79 Å². The van der Waals surface area contributed by atoms with Crippen LogP contribution in [-0.4, -0.2) is 46.4 Å². The van der Waals surface area contributed by atoms with Crippen molar-refractivity contribution >= 4 is 17.2 Å². The average molecular weight is 334 g/mol. The van der Waals surface area contributed by atoms with Crippen LogP contribution in [0.3, 0.4) is 0 Å². The minimum Gasteiger partial charge on any atom is -0.369 e. The number of likely N-dealkylation sites (N-methyl/N-ethyl adjacent to an activating group) is 1. The van der Waals surface area contributed by atoms with Crippen molar-refractivity contribution in [3.05, 3.63) is 66.6 Å². The van der Waals surface area contributed by atoms with E-state index in [0.717, 1.165) is 31.6 Å². The molecule has 1 amide bonds. The number of hydrogen-bond acceptors (Lipinski definition) is 3. The predicted molar refractivity (Wildman–Crippen MR) is 99.0 cm³/mol. The lowest BCUT2D eigenvalue weighted by molar-refractivity contribution is 0.0717. The lowest BCUT2D eigenvalue weighted by Crippen LogP contribution is -2.48. The minimum atomic E-state index is 0.0653. The second-order valence-corrected chi connectivity index (χ2v) is 6.60. The normalized spacial score (nSPS) is 17.6. The highest BCUT2D eigenvalue weighted by atomic mass is 16.2. The van der Waals surface area contributed by atoms with E-state index in [1.54, 1.807) is 6.20 Å². The molecule has 3 heterocycles. The molecule has 4 rings (SSSR count). The summed E-state index contributed by atoms with van der Waals surface area (Å²) in [6, 6.07) is 14.4. The van der Waals surface area contributed by atoms with Gasteiger partial charge in [-0.2, -0.15) is 0 Å². The summed E-state index contributed by atoms with van der Waals surface area (Å²) in [6.45, 7) is 1.92. The summed E-state index contributed by atoms with van der Waals surface area (Å²) in [4.78, 5) is 21.4. The first kappa shape index (κ1) is 15.7. The number of carbonyl (C=O) groups excluding carboxylic acids is 1. The lowest BCUT2D eigenvalue weighted by Gasteiger charge is -2.38. The smallest absolute Gasteiger partial charge is 0.255 e. The molecule has 3 aromatic rings. The number of benzene rings is 1. The van der Waals surface area contributed by atoms with Gasteiger partial charge in [-0.05, 0) is 37.1 Å². The highest BCUT2D eigenvalue weighted by Crippen LogP contribution is 2.22.